The van der Waals surface area contributed by atoms with Gasteiger partial charge in [-0.3, -0.25) is 0 Å². The maximum atomic E-state index is 3.40. The van der Waals surface area contributed by atoms with Crippen molar-refractivity contribution in [1.29, 1.82) is 0 Å². The minimum atomic E-state index is 0.401. The fourth-order valence-electron chi connectivity index (χ4n) is 2.56. The van der Waals surface area contributed by atoms with Crippen molar-refractivity contribution in [2.75, 3.05) is 21.1 Å². The third kappa shape index (κ3) is 1.89. The molecule has 0 aromatic carbocycles. The summed E-state index contributed by atoms with van der Waals surface area (Å²) in [5.41, 5.74) is 4.33. The Bertz CT molecular complexity index is 196. The normalized spacial score (nSPS) is 33.7. The first-order valence-corrected chi connectivity index (χ1v) is 5.26. The van der Waals surface area contributed by atoms with Crippen LogP contribution >= 0.6 is 0 Å². The van der Waals surface area contributed by atoms with E-state index in [9.17, 15) is 0 Å². The van der Waals surface area contributed by atoms with Crippen LogP contribution in [0, 0.1) is 5.41 Å². The molecule has 1 aliphatic carbocycles. The highest BCUT2D eigenvalue weighted by atomic mass is 15.7. The summed E-state index contributed by atoms with van der Waals surface area (Å²) in [5.74, 6) is 0. The van der Waals surface area contributed by atoms with Crippen molar-refractivity contribution in [3.8, 4) is 0 Å². The molecule has 1 atom stereocenters. The summed E-state index contributed by atoms with van der Waals surface area (Å²) < 4.78 is 0.927. The van der Waals surface area contributed by atoms with E-state index in [-0.39, 0.29) is 0 Å². The van der Waals surface area contributed by atoms with Crippen molar-refractivity contribution in [2.24, 2.45) is 5.41 Å². The van der Waals surface area contributed by atoms with Crippen LogP contribution in [0.4, 0.5) is 0 Å². The van der Waals surface area contributed by atoms with Gasteiger partial charge in [-0.05, 0) is 18.8 Å². The van der Waals surface area contributed by atoms with Crippen LogP contribution in [0.2, 0.25) is 0 Å². The van der Waals surface area contributed by atoms with Crippen molar-refractivity contribution in [3.63, 3.8) is 0 Å². The molecule has 2 heteroatoms. The number of hydrogen-bond donors (Lipinski definition) is 1. The molecule has 1 saturated carbocycles. The Morgan fingerprint density at radius 3 is 1.92 bits per heavy atom. The summed E-state index contributed by atoms with van der Waals surface area (Å²) in [6, 6.07) is 0. The molecule has 0 aliphatic heterocycles. The van der Waals surface area contributed by atoms with Crippen LogP contribution in [-0.2, 0) is 0 Å². The Balaban J connectivity index is 2.81. The van der Waals surface area contributed by atoms with E-state index in [1.165, 1.54) is 19.3 Å². The molecule has 1 unspecified atom stereocenters. The lowest BCUT2D eigenvalue weighted by Gasteiger charge is -2.43. The van der Waals surface area contributed by atoms with Gasteiger partial charge in [0, 0.05) is 19.9 Å². The van der Waals surface area contributed by atoms with Crippen LogP contribution in [-0.4, -0.2) is 31.3 Å². The second kappa shape index (κ2) is 2.96. The van der Waals surface area contributed by atoms with Crippen molar-refractivity contribution < 1.29 is 4.59 Å². The first-order chi connectivity index (χ1) is 5.72. The molecule has 1 aliphatic rings. The highest BCUT2D eigenvalue weighted by Crippen LogP contribution is 2.47. The zero-order chi connectivity index (χ0) is 10.3. The van der Waals surface area contributed by atoms with Crippen molar-refractivity contribution in [2.45, 2.75) is 45.6 Å². The first-order valence-electron chi connectivity index (χ1n) is 5.26. The van der Waals surface area contributed by atoms with E-state index in [0.29, 0.717) is 11.0 Å². The second-order valence-corrected chi connectivity index (χ2v) is 6.01. The molecule has 78 valence electrons. The lowest BCUT2D eigenvalue weighted by molar-refractivity contribution is -0.978. The fraction of sp³-hybridized carbons (Fsp3) is 1.00. The molecular weight excluding hydrogens is 160 g/mol. The molecular formula is C11H25N2+. The molecule has 1 rings (SSSR count). The highest BCUT2D eigenvalue weighted by Gasteiger charge is 2.50. The number of quaternary nitrogens is 1. The molecule has 1 N–H and O–H groups in total. The Morgan fingerprint density at radius 1 is 1.08 bits per heavy atom. The van der Waals surface area contributed by atoms with Crippen LogP contribution < -0.4 is 5.43 Å². The van der Waals surface area contributed by atoms with E-state index in [1.54, 1.807) is 0 Å². The quantitative estimate of drug-likeness (QED) is 0.513. The van der Waals surface area contributed by atoms with Crippen molar-refractivity contribution >= 4 is 0 Å². The topological polar surface area (TPSA) is 12.0 Å². The molecule has 0 bridgehead atoms. The Hall–Kier alpha value is -0.0800. The summed E-state index contributed by atoms with van der Waals surface area (Å²) in [7, 11) is 6.58. The third-order valence-electron chi connectivity index (χ3n) is 4.11. The molecule has 1 fully saturated rings. The largest absolute Gasteiger partial charge is 0.246 e. The van der Waals surface area contributed by atoms with Crippen LogP contribution in [0.15, 0.2) is 0 Å². The molecule has 0 aromatic heterocycles. The molecule has 0 aromatic rings. The smallest absolute Gasteiger partial charge is 0.114 e. The monoisotopic (exact) mass is 185 g/mol. The van der Waals surface area contributed by atoms with Crippen LogP contribution in [0.1, 0.15) is 40.0 Å². The summed E-state index contributed by atoms with van der Waals surface area (Å²) in [4.78, 5) is 0. The molecule has 13 heavy (non-hydrogen) atoms. The predicted octanol–water partition coefficient (Wildman–Crippen LogP) is 2.17. The standard InChI is InChI=1S/C11H25N2/c1-10(2)7-8-11(3,9-10)13(5,6)12-4/h12H,7-9H2,1-6H3/q+1. The number of nitrogens with zero attached hydrogens (tertiary/aromatic N) is 1. The zero-order valence-corrected chi connectivity index (χ0v) is 10.1. The third-order valence-corrected chi connectivity index (χ3v) is 4.11. The van der Waals surface area contributed by atoms with Gasteiger partial charge in [0.25, 0.3) is 0 Å². The lowest BCUT2D eigenvalue weighted by atomic mass is 9.88. The second-order valence-electron chi connectivity index (χ2n) is 6.01. The maximum absolute atomic E-state index is 3.40. The van der Waals surface area contributed by atoms with Gasteiger partial charge in [-0.15, -0.1) is 0 Å². The van der Waals surface area contributed by atoms with Gasteiger partial charge >= 0.3 is 0 Å². The van der Waals surface area contributed by atoms with Crippen LogP contribution in [0.3, 0.4) is 0 Å². The molecule has 2 nitrogen and oxygen atoms in total. The molecule has 0 saturated heterocycles. The SMILES string of the molecule is CN[N+](C)(C)C1(C)CCC(C)(C)C1. The summed E-state index contributed by atoms with van der Waals surface area (Å²) in [6.07, 6.45) is 3.99. The summed E-state index contributed by atoms with van der Waals surface area (Å²) in [5, 5.41) is 0. The van der Waals surface area contributed by atoms with E-state index in [2.05, 4.69) is 47.3 Å². The summed E-state index contributed by atoms with van der Waals surface area (Å²) >= 11 is 0. The molecule has 0 heterocycles. The minimum Gasteiger partial charge on any atom is -0.246 e. The first kappa shape index (κ1) is 11.0. The lowest BCUT2D eigenvalue weighted by Crippen LogP contribution is -2.63. The molecule has 0 spiro atoms. The predicted molar refractivity (Wildman–Crippen MR) is 57.2 cm³/mol. The van der Waals surface area contributed by atoms with E-state index in [4.69, 9.17) is 0 Å². The van der Waals surface area contributed by atoms with Crippen molar-refractivity contribution in [1.82, 2.24) is 5.43 Å². The van der Waals surface area contributed by atoms with Gasteiger partial charge in [0.1, 0.15) is 5.54 Å². The van der Waals surface area contributed by atoms with E-state index < -0.39 is 0 Å². The van der Waals surface area contributed by atoms with Crippen molar-refractivity contribution in [3.05, 3.63) is 0 Å². The maximum Gasteiger partial charge on any atom is 0.114 e. The number of hydrogen-bond acceptors (Lipinski definition) is 1. The number of nitrogens with one attached hydrogen (secondary N) is 1. The van der Waals surface area contributed by atoms with E-state index in [0.717, 1.165) is 4.59 Å². The number of rotatable bonds is 2. The van der Waals surface area contributed by atoms with Gasteiger partial charge in [0.2, 0.25) is 0 Å². The van der Waals surface area contributed by atoms with Gasteiger partial charge < -0.3 is 0 Å². The average Bonchev–Trinajstić information content (AvgIpc) is 2.27. The average molecular weight is 185 g/mol. The van der Waals surface area contributed by atoms with Gasteiger partial charge in [-0.1, -0.05) is 13.8 Å². The fourth-order valence-corrected chi connectivity index (χ4v) is 2.56. The van der Waals surface area contributed by atoms with Gasteiger partial charge in [0.05, 0.1) is 14.1 Å². The van der Waals surface area contributed by atoms with Gasteiger partial charge in [0.15, 0.2) is 0 Å². The van der Waals surface area contributed by atoms with Gasteiger partial charge in [-0.25, -0.2) is 4.59 Å². The minimum absolute atomic E-state index is 0.401. The molecule has 0 amide bonds. The van der Waals surface area contributed by atoms with Crippen LogP contribution in [0.25, 0.3) is 0 Å². The zero-order valence-electron chi connectivity index (χ0n) is 10.1. The van der Waals surface area contributed by atoms with Crippen LogP contribution in [0.5, 0.6) is 0 Å². The van der Waals surface area contributed by atoms with Gasteiger partial charge in [-0.2, -0.15) is 5.43 Å². The Kier molecular flexibility index (Phi) is 2.50. The Labute approximate surface area is 82.9 Å². The van der Waals surface area contributed by atoms with E-state index >= 15 is 0 Å². The van der Waals surface area contributed by atoms with E-state index in [1.807, 2.05) is 0 Å². The Morgan fingerprint density at radius 2 is 1.62 bits per heavy atom. The highest BCUT2D eigenvalue weighted by molar-refractivity contribution is 4.91. The summed E-state index contributed by atoms with van der Waals surface area (Å²) in [6.45, 7) is 7.17. The molecule has 0 radical (unpaired) electrons.